The lowest BCUT2D eigenvalue weighted by molar-refractivity contribution is 0.129. The predicted octanol–water partition coefficient (Wildman–Crippen LogP) is 3.62. The predicted molar refractivity (Wildman–Crippen MR) is 71.1 cm³/mol. The molecule has 1 unspecified atom stereocenters. The molecule has 0 saturated heterocycles. The maximum Gasteiger partial charge on any atom is 0.168 e. The van der Waals surface area contributed by atoms with Crippen LogP contribution in [0.3, 0.4) is 0 Å². The molecule has 0 aromatic heterocycles. The zero-order valence-corrected chi connectivity index (χ0v) is 10.5. The van der Waals surface area contributed by atoms with Crippen molar-refractivity contribution in [2.45, 2.75) is 18.4 Å². The van der Waals surface area contributed by atoms with Gasteiger partial charge in [-0.3, -0.25) is 0 Å². The summed E-state index contributed by atoms with van der Waals surface area (Å²) in [5.41, 5.74) is 2.90. The maximum absolute atomic E-state index is 10.3. The van der Waals surface area contributed by atoms with E-state index in [9.17, 15) is 5.11 Å². The average Bonchev–Trinajstić information content (AvgIpc) is 2.30. The summed E-state index contributed by atoms with van der Waals surface area (Å²) in [4.78, 5) is 0. The molecule has 2 rings (SSSR count). The van der Waals surface area contributed by atoms with Crippen molar-refractivity contribution in [1.29, 1.82) is 0 Å². The first-order chi connectivity index (χ1) is 8.08. The Morgan fingerprint density at radius 2 is 1.59 bits per heavy atom. The Morgan fingerprint density at radius 1 is 1.00 bits per heavy atom. The molecule has 17 heavy (non-hydrogen) atoms. The van der Waals surface area contributed by atoms with Gasteiger partial charge in [0.1, 0.15) is 0 Å². The summed E-state index contributed by atoms with van der Waals surface area (Å²) in [5.74, 6) is 0. The second-order valence-electron chi connectivity index (χ2n) is 4.29. The van der Waals surface area contributed by atoms with E-state index in [-0.39, 0.29) is 0 Å². The second kappa shape index (κ2) is 4.91. The third-order valence-electron chi connectivity index (χ3n) is 2.78. The zero-order valence-electron chi connectivity index (χ0n) is 9.73. The molecule has 0 saturated carbocycles. The van der Waals surface area contributed by atoms with E-state index >= 15 is 0 Å². The molecule has 0 spiro atoms. The quantitative estimate of drug-likeness (QED) is 0.821. The van der Waals surface area contributed by atoms with Crippen LogP contribution < -0.4 is 0 Å². The lowest BCUT2D eigenvalue weighted by atomic mass is 10.00. The Hall–Kier alpha value is -1.31. The van der Waals surface area contributed by atoms with Crippen LogP contribution in [0.15, 0.2) is 54.6 Å². The summed E-state index contributed by atoms with van der Waals surface area (Å²) < 4.78 is 0. The Bertz CT molecular complexity index is 474. The van der Waals surface area contributed by atoms with Gasteiger partial charge in [0.15, 0.2) is 5.06 Å². The number of halogens is 1. The van der Waals surface area contributed by atoms with E-state index in [1.165, 1.54) is 0 Å². The van der Waals surface area contributed by atoms with Gasteiger partial charge in [-0.25, -0.2) is 0 Å². The molecular formula is C15H15ClO. The van der Waals surface area contributed by atoms with Crippen LogP contribution in [0.2, 0.25) is 0 Å². The fraction of sp³-hybridized carbons (Fsp3) is 0.200. The molecule has 0 fully saturated rings. The number of hydrogen-bond donors (Lipinski definition) is 1. The minimum absolute atomic E-state index is 0.401. The number of rotatable bonds is 3. The van der Waals surface area contributed by atoms with E-state index in [4.69, 9.17) is 11.6 Å². The van der Waals surface area contributed by atoms with E-state index in [1.54, 1.807) is 0 Å². The van der Waals surface area contributed by atoms with Crippen molar-refractivity contribution < 1.29 is 5.11 Å². The largest absolute Gasteiger partial charge is 0.370 e. The lowest BCUT2D eigenvalue weighted by Crippen LogP contribution is -2.21. The van der Waals surface area contributed by atoms with Gasteiger partial charge in [-0.2, -0.15) is 0 Å². The standard InChI is InChI=1S/C15H15ClO/c1-12-7-9-14(10-8-12)15(16,17)11-13-5-3-2-4-6-13/h2-10,17H,11H2,1H3. The van der Waals surface area contributed by atoms with Gasteiger partial charge in [-0.05, 0) is 18.1 Å². The Balaban J connectivity index is 2.21. The molecular weight excluding hydrogens is 232 g/mol. The molecule has 2 aromatic carbocycles. The van der Waals surface area contributed by atoms with Gasteiger partial charge >= 0.3 is 0 Å². The van der Waals surface area contributed by atoms with Crippen LogP contribution in [0.4, 0.5) is 0 Å². The summed E-state index contributed by atoms with van der Waals surface area (Å²) in [6.45, 7) is 2.01. The first-order valence-corrected chi connectivity index (χ1v) is 5.98. The molecule has 1 atom stereocenters. The normalized spacial score (nSPS) is 14.3. The fourth-order valence-electron chi connectivity index (χ4n) is 1.78. The first-order valence-electron chi connectivity index (χ1n) is 5.60. The molecule has 0 radical (unpaired) electrons. The highest BCUT2D eigenvalue weighted by atomic mass is 35.5. The summed E-state index contributed by atoms with van der Waals surface area (Å²) >= 11 is 6.20. The molecule has 0 aliphatic rings. The highest BCUT2D eigenvalue weighted by Gasteiger charge is 2.26. The van der Waals surface area contributed by atoms with Gasteiger partial charge in [0.25, 0.3) is 0 Å². The molecule has 0 bridgehead atoms. The first kappa shape index (κ1) is 12.2. The number of aliphatic hydroxyl groups is 1. The Labute approximate surface area is 107 Å². The van der Waals surface area contributed by atoms with Crippen molar-refractivity contribution in [3.05, 3.63) is 71.3 Å². The average molecular weight is 247 g/mol. The summed E-state index contributed by atoms with van der Waals surface area (Å²) in [6, 6.07) is 17.4. The van der Waals surface area contributed by atoms with E-state index in [0.717, 1.165) is 16.7 Å². The highest BCUT2D eigenvalue weighted by Crippen LogP contribution is 2.30. The molecule has 2 aromatic rings. The van der Waals surface area contributed by atoms with E-state index in [1.807, 2.05) is 61.5 Å². The third kappa shape index (κ3) is 3.09. The van der Waals surface area contributed by atoms with Crippen LogP contribution in [0.1, 0.15) is 16.7 Å². The summed E-state index contributed by atoms with van der Waals surface area (Å²) in [5, 5.41) is 8.96. The summed E-state index contributed by atoms with van der Waals surface area (Å²) in [6.07, 6.45) is 0.401. The molecule has 1 nitrogen and oxygen atoms in total. The van der Waals surface area contributed by atoms with Crippen molar-refractivity contribution in [3.8, 4) is 0 Å². The van der Waals surface area contributed by atoms with E-state index < -0.39 is 5.06 Å². The molecule has 88 valence electrons. The molecule has 0 aliphatic carbocycles. The van der Waals surface area contributed by atoms with Crippen molar-refractivity contribution in [1.82, 2.24) is 0 Å². The second-order valence-corrected chi connectivity index (χ2v) is 4.91. The van der Waals surface area contributed by atoms with Crippen molar-refractivity contribution in [2.75, 3.05) is 0 Å². The minimum atomic E-state index is -1.34. The molecule has 0 aliphatic heterocycles. The topological polar surface area (TPSA) is 20.2 Å². The van der Waals surface area contributed by atoms with E-state index in [2.05, 4.69) is 0 Å². The van der Waals surface area contributed by atoms with Crippen LogP contribution in [-0.2, 0) is 11.5 Å². The van der Waals surface area contributed by atoms with Gasteiger partial charge in [0.05, 0.1) is 0 Å². The van der Waals surface area contributed by atoms with Gasteiger partial charge in [0.2, 0.25) is 0 Å². The van der Waals surface area contributed by atoms with Crippen molar-refractivity contribution >= 4 is 11.6 Å². The van der Waals surface area contributed by atoms with Gasteiger partial charge in [0, 0.05) is 6.42 Å². The molecule has 0 amide bonds. The van der Waals surface area contributed by atoms with Crippen molar-refractivity contribution in [3.63, 3.8) is 0 Å². The monoisotopic (exact) mass is 246 g/mol. The van der Waals surface area contributed by atoms with Crippen LogP contribution >= 0.6 is 11.6 Å². The molecule has 1 N–H and O–H groups in total. The van der Waals surface area contributed by atoms with Gasteiger partial charge in [-0.1, -0.05) is 71.8 Å². The highest BCUT2D eigenvalue weighted by molar-refractivity contribution is 6.22. The number of hydrogen-bond acceptors (Lipinski definition) is 1. The number of benzene rings is 2. The lowest BCUT2D eigenvalue weighted by Gasteiger charge is -2.21. The van der Waals surface area contributed by atoms with Crippen LogP contribution in [-0.4, -0.2) is 5.11 Å². The van der Waals surface area contributed by atoms with Crippen LogP contribution in [0.5, 0.6) is 0 Å². The van der Waals surface area contributed by atoms with Crippen LogP contribution in [0, 0.1) is 6.92 Å². The maximum atomic E-state index is 10.3. The van der Waals surface area contributed by atoms with E-state index in [0.29, 0.717) is 6.42 Å². The Kier molecular flexibility index (Phi) is 3.51. The van der Waals surface area contributed by atoms with Crippen molar-refractivity contribution in [2.24, 2.45) is 0 Å². The van der Waals surface area contributed by atoms with Gasteiger partial charge < -0.3 is 5.11 Å². The fourth-order valence-corrected chi connectivity index (χ4v) is 2.06. The Morgan fingerprint density at radius 3 is 2.18 bits per heavy atom. The summed E-state index contributed by atoms with van der Waals surface area (Å²) in [7, 11) is 0. The van der Waals surface area contributed by atoms with Gasteiger partial charge in [-0.15, -0.1) is 0 Å². The SMILES string of the molecule is Cc1ccc(C(O)(Cl)Cc2ccccc2)cc1. The molecule has 0 heterocycles. The smallest absolute Gasteiger partial charge is 0.168 e. The third-order valence-corrected chi connectivity index (χ3v) is 3.13. The van der Waals surface area contributed by atoms with Crippen LogP contribution in [0.25, 0.3) is 0 Å². The number of aryl methyl sites for hydroxylation is 1. The zero-order chi connectivity index (χ0) is 12.3. The minimum Gasteiger partial charge on any atom is -0.370 e. The number of alkyl halides is 1. The molecule has 2 heteroatoms.